The smallest absolute Gasteiger partial charge is 0.152 e. The molecule has 0 bridgehead atoms. The Morgan fingerprint density at radius 2 is 1.64 bits per heavy atom. The van der Waals surface area contributed by atoms with Crippen molar-refractivity contribution in [1.29, 1.82) is 0 Å². The van der Waals surface area contributed by atoms with Gasteiger partial charge in [-0.15, -0.1) is 0 Å². The zero-order valence-corrected chi connectivity index (χ0v) is 9.32. The van der Waals surface area contributed by atoms with Crippen molar-refractivity contribution in [2.75, 3.05) is 0 Å². The molecular formula is C7H7Br2NO. The Morgan fingerprint density at radius 3 is 2.18 bits per heavy atom. The van der Waals surface area contributed by atoms with Crippen molar-refractivity contribution in [1.82, 2.24) is 4.98 Å². The number of pyridine rings is 1. The fourth-order valence-electron chi connectivity index (χ4n) is 0.775. The lowest BCUT2D eigenvalue weighted by molar-refractivity contribution is 0.463. The molecule has 0 aliphatic rings. The molecule has 0 radical (unpaired) electrons. The summed E-state index contributed by atoms with van der Waals surface area (Å²) in [7, 11) is 0. The predicted octanol–water partition coefficient (Wildman–Crippen LogP) is 2.93. The molecule has 1 N–H and O–H groups in total. The van der Waals surface area contributed by atoms with E-state index in [1.165, 1.54) is 0 Å². The fraction of sp³-hybridized carbons (Fsp3) is 0.286. The Kier molecular flexibility index (Phi) is 2.54. The van der Waals surface area contributed by atoms with Crippen LogP contribution in [0.2, 0.25) is 0 Å². The molecule has 0 aliphatic carbocycles. The molecule has 0 saturated carbocycles. The van der Waals surface area contributed by atoms with Gasteiger partial charge in [-0.1, -0.05) is 0 Å². The molecule has 0 fully saturated rings. The predicted molar refractivity (Wildman–Crippen MR) is 50.8 cm³/mol. The van der Waals surface area contributed by atoms with Crippen LogP contribution in [-0.2, 0) is 0 Å². The zero-order valence-electron chi connectivity index (χ0n) is 6.15. The highest BCUT2D eigenvalue weighted by Gasteiger charge is 2.09. The van der Waals surface area contributed by atoms with Gasteiger partial charge in [0.25, 0.3) is 0 Å². The number of aromatic hydroxyl groups is 1. The summed E-state index contributed by atoms with van der Waals surface area (Å²) < 4.78 is 1.48. The summed E-state index contributed by atoms with van der Waals surface area (Å²) in [6, 6.07) is 0. The summed E-state index contributed by atoms with van der Waals surface area (Å²) in [6.45, 7) is 3.64. The van der Waals surface area contributed by atoms with Crippen molar-refractivity contribution in [3.05, 3.63) is 20.3 Å². The average molecular weight is 281 g/mol. The minimum atomic E-state index is 0.197. The van der Waals surface area contributed by atoms with Crippen LogP contribution in [0.3, 0.4) is 0 Å². The topological polar surface area (TPSA) is 33.1 Å². The van der Waals surface area contributed by atoms with Crippen molar-refractivity contribution in [3.63, 3.8) is 0 Å². The zero-order chi connectivity index (χ0) is 8.59. The molecule has 1 heterocycles. The third-order valence-electron chi connectivity index (χ3n) is 1.40. The summed E-state index contributed by atoms with van der Waals surface area (Å²) in [5, 5.41) is 9.37. The van der Waals surface area contributed by atoms with Crippen LogP contribution in [0.1, 0.15) is 11.4 Å². The molecule has 2 nitrogen and oxygen atoms in total. The van der Waals surface area contributed by atoms with Gasteiger partial charge in [0, 0.05) is 0 Å². The minimum absolute atomic E-state index is 0.197. The van der Waals surface area contributed by atoms with E-state index in [1.807, 2.05) is 6.92 Å². The van der Waals surface area contributed by atoms with Crippen LogP contribution in [0.5, 0.6) is 5.75 Å². The number of rotatable bonds is 0. The molecular weight excluding hydrogens is 274 g/mol. The first-order valence-corrected chi connectivity index (χ1v) is 4.63. The van der Waals surface area contributed by atoms with E-state index < -0.39 is 0 Å². The SMILES string of the molecule is Cc1nc(C)c(Br)c(Br)c1O. The first-order chi connectivity index (χ1) is 5.04. The van der Waals surface area contributed by atoms with Gasteiger partial charge in [-0.05, 0) is 45.7 Å². The summed E-state index contributed by atoms with van der Waals surface area (Å²) in [6.07, 6.45) is 0. The molecule has 0 unspecified atom stereocenters. The fourth-order valence-corrected chi connectivity index (χ4v) is 1.63. The Bertz CT molecular complexity index is 273. The number of nitrogens with zero attached hydrogens (tertiary/aromatic N) is 1. The van der Waals surface area contributed by atoms with E-state index in [-0.39, 0.29) is 5.75 Å². The third-order valence-corrected chi connectivity index (χ3v) is 3.67. The first-order valence-electron chi connectivity index (χ1n) is 3.05. The molecule has 0 atom stereocenters. The van der Waals surface area contributed by atoms with E-state index in [9.17, 15) is 5.11 Å². The van der Waals surface area contributed by atoms with Crippen molar-refractivity contribution in [3.8, 4) is 5.75 Å². The molecule has 0 amide bonds. The molecule has 60 valence electrons. The van der Waals surface area contributed by atoms with E-state index in [1.54, 1.807) is 6.92 Å². The van der Waals surface area contributed by atoms with Crippen LogP contribution >= 0.6 is 31.9 Å². The highest BCUT2D eigenvalue weighted by Crippen LogP contribution is 2.34. The van der Waals surface area contributed by atoms with Crippen molar-refractivity contribution >= 4 is 31.9 Å². The molecule has 1 aromatic rings. The molecule has 0 aromatic carbocycles. The maximum absolute atomic E-state index is 9.37. The van der Waals surface area contributed by atoms with Crippen LogP contribution in [0.15, 0.2) is 8.95 Å². The summed E-state index contributed by atoms with van der Waals surface area (Å²) in [5.74, 6) is 0.197. The maximum Gasteiger partial charge on any atom is 0.152 e. The van der Waals surface area contributed by atoms with Crippen LogP contribution in [-0.4, -0.2) is 10.1 Å². The van der Waals surface area contributed by atoms with Gasteiger partial charge in [-0.2, -0.15) is 0 Å². The van der Waals surface area contributed by atoms with Gasteiger partial charge >= 0.3 is 0 Å². The lowest BCUT2D eigenvalue weighted by Gasteiger charge is -2.05. The summed E-state index contributed by atoms with van der Waals surface area (Å²) in [5.41, 5.74) is 1.50. The third kappa shape index (κ3) is 1.56. The number of halogens is 2. The summed E-state index contributed by atoms with van der Waals surface area (Å²) >= 11 is 6.54. The second-order valence-electron chi connectivity index (χ2n) is 2.26. The number of hydrogen-bond donors (Lipinski definition) is 1. The monoisotopic (exact) mass is 279 g/mol. The van der Waals surface area contributed by atoms with E-state index in [2.05, 4.69) is 36.8 Å². The molecule has 4 heteroatoms. The quantitative estimate of drug-likeness (QED) is 0.793. The highest BCUT2D eigenvalue weighted by atomic mass is 79.9. The summed E-state index contributed by atoms with van der Waals surface area (Å²) in [4.78, 5) is 4.11. The Morgan fingerprint density at radius 1 is 1.09 bits per heavy atom. The van der Waals surface area contributed by atoms with Crippen molar-refractivity contribution in [2.45, 2.75) is 13.8 Å². The lowest BCUT2D eigenvalue weighted by Crippen LogP contribution is -1.89. The maximum atomic E-state index is 9.37. The van der Waals surface area contributed by atoms with Crippen LogP contribution in [0.4, 0.5) is 0 Å². The van der Waals surface area contributed by atoms with Crippen LogP contribution in [0, 0.1) is 13.8 Å². The van der Waals surface area contributed by atoms with E-state index in [0.29, 0.717) is 10.2 Å². The molecule has 1 aromatic heterocycles. The van der Waals surface area contributed by atoms with Crippen LogP contribution in [0.25, 0.3) is 0 Å². The largest absolute Gasteiger partial charge is 0.505 e. The Hall–Kier alpha value is -0.0900. The van der Waals surface area contributed by atoms with Gasteiger partial charge in [0.15, 0.2) is 5.75 Å². The van der Waals surface area contributed by atoms with Gasteiger partial charge in [-0.25, -0.2) is 0 Å². The number of aryl methyl sites for hydroxylation is 2. The number of hydrogen-bond acceptors (Lipinski definition) is 2. The Balaban J connectivity index is 3.46. The normalized spacial score (nSPS) is 10.2. The molecule has 0 aliphatic heterocycles. The van der Waals surface area contributed by atoms with Gasteiger partial charge in [-0.3, -0.25) is 4.98 Å². The van der Waals surface area contributed by atoms with Crippen molar-refractivity contribution in [2.24, 2.45) is 0 Å². The Labute approximate surface area is 81.9 Å². The molecule has 0 saturated heterocycles. The molecule has 11 heavy (non-hydrogen) atoms. The molecule has 1 rings (SSSR count). The van der Waals surface area contributed by atoms with E-state index >= 15 is 0 Å². The minimum Gasteiger partial charge on any atom is -0.505 e. The van der Waals surface area contributed by atoms with Crippen LogP contribution < -0.4 is 0 Å². The average Bonchev–Trinajstić information content (AvgIpc) is 1.97. The molecule has 0 spiro atoms. The first kappa shape index (κ1) is 9.00. The standard InChI is InChI=1S/C7H7Br2NO/c1-3-5(8)6(9)7(11)4(2)10-3/h11H,1-2H3. The second kappa shape index (κ2) is 3.11. The van der Waals surface area contributed by atoms with E-state index in [0.717, 1.165) is 10.2 Å². The highest BCUT2D eigenvalue weighted by molar-refractivity contribution is 9.13. The van der Waals surface area contributed by atoms with Gasteiger partial charge in [0.2, 0.25) is 0 Å². The lowest BCUT2D eigenvalue weighted by atomic mass is 10.3. The van der Waals surface area contributed by atoms with E-state index in [4.69, 9.17) is 0 Å². The van der Waals surface area contributed by atoms with Gasteiger partial charge < -0.3 is 5.11 Å². The number of aromatic nitrogens is 1. The van der Waals surface area contributed by atoms with Crippen molar-refractivity contribution < 1.29 is 5.11 Å². The second-order valence-corrected chi connectivity index (χ2v) is 3.85. The van der Waals surface area contributed by atoms with Gasteiger partial charge in [0.05, 0.1) is 20.3 Å². The van der Waals surface area contributed by atoms with Gasteiger partial charge in [0.1, 0.15) is 0 Å².